The van der Waals surface area contributed by atoms with Gasteiger partial charge in [-0.25, -0.2) is 0 Å². The zero-order chi connectivity index (χ0) is 21.2. The van der Waals surface area contributed by atoms with Crippen molar-refractivity contribution < 1.29 is 4.79 Å². The Kier molecular flexibility index (Phi) is 8.81. The van der Waals surface area contributed by atoms with E-state index >= 15 is 0 Å². The van der Waals surface area contributed by atoms with Crippen LogP contribution < -0.4 is 11.1 Å². The average Bonchev–Trinajstić information content (AvgIpc) is 2.64. The molecule has 1 aromatic carbocycles. The Hall–Kier alpha value is -2.72. The maximum absolute atomic E-state index is 12.3. The number of carbonyl (C=O) groups excluding carboxylic acids is 1. The first-order chi connectivity index (χ1) is 13.8. The van der Waals surface area contributed by atoms with Crippen LogP contribution in [0.2, 0.25) is 0 Å². The molecule has 0 unspecified atom stereocenters. The lowest BCUT2D eigenvalue weighted by molar-refractivity contribution is -0.118. The van der Waals surface area contributed by atoms with Gasteiger partial charge in [0, 0.05) is 17.8 Å². The molecule has 0 aliphatic heterocycles. The van der Waals surface area contributed by atoms with E-state index in [4.69, 9.17) is 27.4 Å². The summed E-state index contributed by atoms with van der Waals surface area (Å²) < 4.78 is 0. The first-order valence-corrected chi connectivity index (χ1v) is 10.5. The van der Waals surface area contributed by atoms with Gasteiger partial charge >= 0.3 is 0 Å². The number of amides is 1. The Morgan fingerprint density at radius 1 is 1.03 bits per heavy atom. The van der Waals surface area contributed by atoms with Crippen LogP contribution in [0.3, 0.4) is 0 Å². The third kappa shape index (κ3) is 8.04. The fraction of sp³-hybridized carbons (Fsp3) is 0.263. The predicted octanol–water partition coefficient (Wildman–Crippen LogP) is 3.70. The minimum atomic E-state index is -0.297. The van der Waals surface area contributed by atoms with E-state index in [-0.39, 0.29) is 27.7 Å². The van der Waals surface area contributed by atoms with Crippen molar-refractivity contribution >= 4 is 60.6 Å². The number of rotatable bonds is 7. The first kappa shape index (κ1) is 22.6. The van der Waals surface area contributed by atoms with Crippen molar-refractivity contribution in [2.75, 3.05) is 0 Å². The lowest BCUT2D eigenvalue weighted by atomic mass is 10.0. The van der Waals surface area contributed by atoms with Crippen molar-refractivity contribution in [2.45, 2.75) is 32.1 Å². The van der Waals surface area contributed by atoms with E-state index < -0.39 is 0 Å². The molecule has 1 aromatic heterocycles. The van der Waals surface area contributed by atoms with E-state index in [0.29, 0.717) is 30.7 Å². The molecule has 0 saturated heterocycles. The van der Waals surface area contributed by atoms with Crippen molar-refractivity contribution in [1.29, 1.82) is 21.6 Å². The number of hydrogen-bond donors (Lipinski definition) is 6. The summed E-state index contributed by atoms with van der Waals surface area (Å²) in [4.78, 5) is 16.3. The number of carbonyl (C=O) groups is 1. The average molecular weight is 430 g/mol. The number of pyridine rings is 1. The van der Waals surface area contributed by atoms with Crippen LogP contribution in [-0.4, -0.2) is 31.3 Å². The number of unbranched alkanes of at least 4 members (excludes halogenated alkanes) is 1. The van der Waals surface area contributed by atoms with Crippen LogP contribution in [0.25, 0.3) is 10.8 Å². The Balaban J connectivity index is 1.72. The summed E-state index contributed by atoms with van der Waals surface area (Å²) in [5, 5.41) is 35.5. The van der Waals surface area contributed by atoms with Crippen LogP contribution in [-0.2, 0) is 11.2 Å². The van der Waals surface area contributed by atoms with Gasteiger partial charge in [-0.15, -0.1) is 0 Å². The summed E-state index contributed by atoms with van der Waals surface area (Å²) in [5.41, 5.74) is 6.09. The zero-order valence-corrected chi connectivity index (χ0v) is 17.4. The van der Waals surface area contributed by atoms with Crippen LogP contribution in [0, 0.1) is 21.6 Å². The fourth-order valence-electron chi connectivity index (χ4n) is 2.64. The van der Waals surface area contributed by atoms with Crippen LogP contribution in [0.5, 0.6) is 0 Å². The normalized spacial score (nSPS) is 10.5. The molecular weight excluding hydrogens is 406 g/mol. The van der Waals surface area contributed by atoms with Crippen molar-refractivity contribution in [3.63, 3.8) is 0 Å². The molecule has 0 bridgehead atoms. The van der Waals surface area contributed by atoms with E-state index in [2.05, 4.69) is 10.3 Å². The monoisotopic (exact) mass is 429 g/mol. The molecule has 8 nitrogen and oxygen atoms in total. The van der Waals surface area contributed by atoms with Crippen LogP contribution >= 0.6 is 23.5 Å². The Bertz CT molecular complexity index is 940. The maximum Gasteiger partial charge on any atom is 0.230 e. The Labute approximate surface area is 177 Å². The second kappa shape index (κ2) is 11.3. The number of benzene rings is 1. The number of nitrogens with two attached hydrogens (primary N) is 1. The van der Waals surface area contributed by atoms with E-state index in [1.165, 1.54) is 0 Å². The minimum absolute atomic E-state index is 0.0678. The van der Waals surface area contributed by atoms with Gasteiger partial charge in [0.1, 0.15) is 0 Å². The molecule has 0 atom stereocenters. The van der Waals surface area contributed by atoms with E-state index in [1.807, 2.05) is 24.3 Å². The second-order valence-electron chi connectivity index (χ2n) is 6.19. The van der Waals surface area contributed by atoms with Gasteiger partial charge in [-0.1, -0.05) is 18.2 Å². The minimum Gasteiger partial charge on any atom is -0.378 e. The third-order valence-corrected chi connectivity index (χ3v) is 5.32. The van der Waals surface area contributed by atoms with E-state index in [0.717, 1.165) is 39.9 Å². The smallest absolute Gasteiger partial charge is 0.230 e. The molecule has 0 aliphatic carbocycles. The van der Waals surface area contributed by atoms with Crippen LogP contribution in [0.15, 0.2) is 36.7 Å². The summed E-state index contributed by atoms with van der Waals surface area (Å²) in [6.45, 7) is 0. The molecule has 1 amide bonds. The van der Waals surface area contributed by atoms with E-state index in [1.54, 1.807) is 12.4 Å². The second-order valence-corrected chi connectivity index (χ2v) is 8.43. The van der Waals surface area contributed by atoms with Gasteiger partial charge in [0.25, 0.3) is 0 Å². The van der Waals surface area contributed by atoms with Gasteiger partial charge in [-0.2, -0.15) is 0 Å². The molecule has 2 aromatic rings. The number of fused-ring (bicyclic) bond motifs is 1. The Morgan fingerprint density at radius 3 is 2.41 bits per heavy atom. The molecule has 0 radical (unpaired) electrons. The highest BCUT2D eigenvalue weighted by Gasteiger charge is 2.11. The number of aromatic nitrogens is 1. The highest BCUT2D eigenvalue weighted by molar-refractivity contribution is 8.26. The highest BCUT2D eigenvalue weighted by atomic mass is 32.2. The zero-order valence-electron chi connectivity index (χ0n) is 15.7. The number of nitrogens with one attached hydrogen (secondary N) is 5. The molecule has 2 rings (SSSR count). The predicted molar refractivity (Wildman–Crippen MR) is 122 cm³/mol. The van der Waals surface area contributed by atoms with Crippen LogP contribution in [0.1, 0.15) is 31.2 Å². The van der Waals surface area contributed by atoms with Gasteiger partial charge in [-0.3, -0.25) is 31.4 Å². The van der Waals surface area contributed by atoms with Crippen LogP contribution in [0.4, 0.5) is 0 Å². The summed E-state index contributed by atoms with van der Waals surface area (Å²) in [6.07, 6.45) is 5.96. The van der Waals surface area contributed by atoms with Crippen molar-refractivity contribution in [2.24, 2.45) is 5.73 Å². The molecular formula is C19H23N7OS2. The number of hydrogen-bond acceptors (Lipinski definition) is 8. The largest absolute Gasteiger partial charge is 0.378 e. The number of amidine groups is 2. The lowest BCUT2D eigenvalue weighted by Gasteiger charge is -2.09. The van der Waals surface area contributed by atoms with Crippen molar-refractivity contribution in [3.8, 4) is 0 Å². The lowest BCUT2D eigenvalue weighted by Crippen LogP contribution is -2.29. The third-order valence-electron chi connectivity index (χ3n) is 3.89. The van der Waals surface area contributed by atoms with Gasteiger partial charge < -0.3 is 11.1 Å². The fourth-order valence-corrected chi connectivity index (χ4v) is 3.81. The standard InChI is InChI=1S/C19H23N7OS2/c20-15(28-18(22)23)6-1-2-7-16(21)29-19(24)26-17(27)10-12-4-3-5-13-11-25-9-8-14(12)13/h3-5,8-9,11,20-21H,1-2,6-7,10H2,(H3,22,23)(H2,24,26,27). The SMILES string of the molecule is N=C(N)SC(=N)CCCCC(=N)SC(=N)NC(=O)Cc1cccc2cnccc12. The molecule has 0 saturated carbocycles. The van der Waals surface area contributed by atoms with Crippen molar-refractivity contribution in [1.82, 2.24) is 10.3 Å². The highest BCUT2D eigenvalue weighted by Crippen LogP contribution is 2.18. The summed E-state index contributed by atoms with van der Waals surface area (Å²) in [5.74, 6) is -0.297. The molecule has 7 N–H and O–H groups in total. The summed E-state index contributed by atoms with van der Waals surface area (Å²) >= 11 is 1.86. The van der Waals surface area contributed by atoms with E-state index in [9.17, 15) is 4.79 Å². The summed E-state index contributed by atoms with van der Waals surface area (Å²) in [6, 6.07) is 7.55. The molecule has 10 heteroatoms. The number of nitrogens with zero attached hydrogens (tertiary/aromatic N) is 1. The topological polar surface area (TPSA) is 163 Å². The molecule has 1 heterocycles. The number of thioether (sulfide) groups is 2. The van der Waals surface area contributed by atoms with Gasteiger partial charge in [0.05, 0.1) is 16.5 Å². The molecule has 152 valence electrons. The van der Waals surface area contributed by atoms with Crippen molar-refractivity contribution in [3.05, 3.63) is 42.2 Å². The summed E-state index contributed by atoms with van der Waals surface area (Å²) in [7, 11) is 0. The molecule has 0 aliphatic rings. The Morgan fingerprint density at radius 2 is 1.72 bits per heavy atom. The van der Waals surface area contributed by atoms with Gasteiger partial charge in [0.2, 0.25) is 5.91 Å². The first-order valence-electron chi connectivity index (χ1n) is 8.89. The molecule has 0 fully saturated rings. The molecule has 29 heavy (non-hydrogen) atoms. The maximum atomic E-state index is 12.3. The van der Waals surface area contributed by atoms with Gasteiger partial charge in [0.15, 0.2) is 10.3 Å². The molecule has 0 spiro atoms. The quantitative estimate of drug-likeness (QED) is 0.224. The van der Waals surface area contributed by atoms with Gasteiger partial charge in [-0.05, 0) is 66.2 Å².